The second-order valence-electron chi connectivity index (χ2n) is 6.79. The van der Waals surface area contributed by atoms with Crippen LogP contribution in [0.5, 0.6) is 0 Å². The zero-order chi connectivity index (χ0) is 20.7. The van der Waals surface area contributed by atoms with Crippen molar-refractivity contribution in [2.24, 2.45) is 0 Å². The predicted octanol–water partition coefficient (Wildman–Crippen LogP) is 5.83. The Morgan fingerprint density at radius 2 is 1.70 bits per heavy atom. The molecule has 0 saturated heterocycles. The standard InChI is InChI=1S/C16H17F5N2O3S/c1-10(15(24)25-16(2,3)4)9-13-22-14(23-26-13)11-5-7-12(8-6-11)27(17,18,19,20)21/h5-8H,1,9H2,2-4H3. The topological polar surface area (TPSA) is 65.2 Å². The summed E-state index contributed by atoms with van der Waals surface area (Å²) in [5.41, 5.74) is -0.639. The Bertz CT molecular complexity index is 884. The van der Waals surface area contributed by atoms with Gasteiger partial charge >= 0.3 is 16.2 Å². The number of carbonyl (C=O) groups excluding carboxylic acids is 1. The molecule has 0 radical (unpaired) electrons. The van der Waals surface area contributed by atoms with E-state index in [9.17, 15) is 24.2 Å². The monoisotopic (exact) mass is 412 g/mol. The lowest BCUT2D eigenvalue weighted by Crippen LogP contribution is -2.25. The second-order valence-corrected chi connectivity index (χ2v) is 9.20. The number of hydrogen-bond acceptors (Lipinski definition) is 5. The normalized spacial score (nSPS) is 15.0. The van der Waals surface area contributed by atoms with Crippen LogP contribution in [0.3, 0.4) is 0 Å². The van der Waals surface area contributed by atoms with Crippen LogP contribution in [-0.4, -0.2) is 21.7 Å². The van der Waals surface area contributed by atoms with E-state index in [1.807, 2.05) is 0 Å². The molecule has 0 fully saturated rings. The van der Waals surface area contributed by atoms with Gasteiger partial charge in [-0.1, -0.05) is 31.2 Å². The minimum Gasteiger partial charge on any atom is -0.457 e. The molecule has 2 aromatic rings. The Kier molecular flexibility index (Phi) is 4.47. The van der Waals surface area contributed by atoms with Crippen molar-refractivity contribution >= 4 is 16.2 Å². The van der Waals surface area contributed by atoms with Crippen LogP contribution in [0.1, 0.15) is 26.7 Å². The molecule has 0 amide bonds. The number of carbonyl (C=O) groups is 1. The zero-order valence-corrected chi connectivity index (χ0v) is 15.5. The fraction of sp³-hybridized carbons (Fsp3) is 0.312. The highest BCUT2D eigenvalue weighted by Crippen LogP contribution is 3.02. The Labute approximate surface area is 151 Å². The first-order chi connectivity index (χ1) is 11.9. The summed E-state index contributed by atoms with van der Waals surface area (Å²) in [5.74, 6) is -0.809. The third-order valence-electron chi connectivity index (χ3n) is 3.08. The van der Waals surface area contributed by atoms with Gasteiger partial charge in [-0.05, 0) is 45.0 Å². The van der Waals surface area contributed by atoms with Crippen molar-refractivity contribution in [2.45, 2.75) is 37.7 Å². The van der Waals surface area contributed by atoms with Crippen LogP contribution in [0.15, 0.2) is 45.8 Å². The summed E-state index contributed by atoms with van der Waals surface area (Å²) in [5, 5.41) is 3.56. The highest BCUT2D eigenvalue weighted by atomic mass is 32.5. The Balaban J connectivity index is 2.15. The molecule has 0 atom stereocenters. The summed E-state index contributed by atoms with van der Waals surface area (Å²) < 4.78 is 73.6. The number of aromatic nitrogens is 2. The SMILES string of the molecule is C=C(Cc1nc(-c2ccc(S(F)(F)(F)(F)F)cc2)no1)C(=O)OC(C)(C)C. The molecule has 5 nitrogen and oxygen atoms in total. The zero-order valence-electron chi connectivity index (χ0n) is 14.6. The molecule has 1 aromatic carbocycles. The maximum Gasteiger partial charge on any atom is 0.334 e. The van der Waals surface area contributed by atoms with E-state index >= 15 is 0 Å². The smallest absolute Gasteiger partial charge is 0.334 e. The summed E-state index contributed by atoms with van der Waals surface area (Å²) in [6.07, 6.45) is -0.133. The lowest BCUT2D eigenvalue weighted by atomic mass is 10.1. The van der Waals surface area contributed by atoms with Crippen molar-refractivity contribution in [1.29, 1.82) is 0 Å². The third-order valence-corrected chi connectivity index (χ3v) is 4.24. The molecule has 0 bridgehead atoms. The Morgan fingerprint density at radius 3 is 2.19 bits per heavy atom. The molecule has 0 aliphatic rings. The van der Waals surface area contributed by atoms with Gasteiger partial charge in [0.1, 0.15) is 10.5 Å². The largest absolute Gasteiger partial charge is 0.457 e. The number of halogens is 5. The molecule has 0 aliphatic carbocycles. The third kappa shape index (κ3) is 5.78. The van der Waals surface area contributed by atoms with Gasteiger partial charge in [-0.15, -0.1) is 0 Å². The van der Waals surface area contributed by atoms with Crippen LogP contribution >= 0.6 is 10.2 Å². The second kappa shape index (κ2) is 5.78. The van der Waals surface area contributed by atoms with Crippen molar-refractivity contribution in [3.8, 4) is 11.4 Å². The fourth-order valence-corrected chi connectivity index (χ4v) is 2.56. The molecule has 0 aliphatic heterocycles. The van der Waals surface area contributed by atoms with Crippen LogP contribution in [0.25, 0.3) is 11.4 Å². The van der Waals surface area contributed by atoms with Gasteiger partial charge in [0.25, 0.3) is 0 Å². The molecule has 0 spiro atoms. The first kappa shape index (κ1) is 20.9. The van der Waals surface area contributed by atoms with Gasteiger partial charge in [0.05, 0.1) is 6.42 Å². The van der Waals surface area contributed by atoms with Crippen molar-refractivity contribution in [1.82, 2.24) is 10.1 Å². The molecule has 1 aromatic heterocycles. The van der Waals surface area contributed by atoms with Crippen LogP contribution in [0.4, 0.5) is 19.4 Å². The lowest BCUT2D eigenvalue weighted by Gasteiger charge is -2.40. The minimum absolute atomic E-state index is 0.0300. The number of esters is 1. The van der Waals surface area contributed by atoms with E-state index in [2.05, 4.69) is 16.7 Å². The van der Waals surface area contributed by atoms with Crippen LogP contribution in [0, 0.1) is 0 Å². The molecule has 0 saturated carbocycles. The molecule has 11 heteroatoms. The number of hydrogen-bond donors (Lipinski definition) is 0. The maximum atomic E-state index is 12.7. The molecular formula is C16H17F5N2O3S. The predicted molar refractivity (Wildman–Crippen MR) is 89.8 cm³/mol. The summed E-state index contributed by atoms with van der Waals surface area (Å²) in [6, 6.07) is 2.13. The lowest BCUT2D eigenvalue weighted by molar-refractivity contribution is -0.150. The van der Waals surface area contributed by atoms with Crippen LogP contribution in [0.2, 0.25) is 0 Å². The van der Waals surface area contributed by atoms with E-state index in [0.29, 0.717) is 0 Å². The van der Waals surface area contributed by atoms with Crippen LogP contribution in [-0.2, 0) is 16.0 Å². The van der Waals surface area contributed by atoms with Gasteiger partial charge in [-0.3, -0.25) is 0 Å². The van der Waals surface area contributed by atoms with E-state index in [1.165, 1.54) is 0 Å². The summed E-state index contributed by atoms with van der Waals surface area (Å²) in [6.45, 7) is 8.60. The number of nitrogens with zero attached hydrogens (tertiary/aromatic N) is 2. The van der Waals surface area contributed by atoms with Gasteiger partial charge < -0.3 is 9.26 Å². The van der Waals surface area contributed by atoms with Gasteiger partial charge in [0, 0.05) is 11.1 Å². The molecule has 0 unspecified atom stereocenters. The van der Waals surface area contributed by atoms with Gasteiger partial charge in [0.15, 0.2) is 0 Å². The first-order valence-electron chi connectivity index (χ1n) is 7.53. The van der Waals surface area contributed by atoms with Crippen molar-refractivity contribution < 1.29 is 33.5 Å². The highest BCUT2D eigenvalue weighted by Gasteiger charge is 2.65. The molecular weight excluding hydrogens is 395 g/mol. The van der Waals surface area contributed by atoms with Gasteiger partial charge in [-0.25, -0.2) is 4.79 Å². The number of benzene rings is 1. The Hall–Kier alpha value is -2.43. The first-order valence-corrected chi connectivity index (χ1v) is 9.48. The van der Waals surface area contributed by atoms with E-state index in [0.717, 1.165) is 12.1 Å². The maximum absolute atomic E-state index is 12.7. The quantitative estimate of drug-likeness (QED) is 0.351. The van der Waals surface area contributed by atoms with E-state index in [4.69, 9.17) is 9.26 Å². The minimum atomic E-state index is -9.74. The van der Waals surface area contributed by atoms with E-state index < -0.39 is 26.7 Å². The van der Waals surface area contributed by atoms with Crippen molar-refractivity contribution in [3.05, 3.63) is 42.3 Å². The number of rotatable bonds is 5. The Morgan fingerprint density at radius 1 is 1.15 bits per heavy atom. The van der Waals surface area contributed by atoms with E-state index in [-0.39, 0.29) is 41.4 Å². The summed E-state index contributed by atoms with van der Waals surface area (Å²) in [7, 11) is -9.74. The molecule has 150 valence electrons. The number of ether oxygens (including phenoxy) is 1. The highest BCUT2D eigenvalue weighted by molar-refractivity contribution is 8.45. The van der Waals surface area contributed by atoms with Crippen LogP contribution < -0.4 is 0 Å². The molecule has 2 rings (SSSR count). The fourth-order valence-electron chi connectivity index (χ4n) is 1.91. The molecule has 1 heterocycles. The molecule has 0 N–H and O–H groups in total. The van der Waals surface area contributed by atoms with Crippen molar-refractivity contribution in [2.75, 3.05) is 0 Å². The summed E-state index contributed by atoms with van der Waals surface area (Å²) >= 11 is 0. The average molecular weight is 412 g/mol. The summed E-state index contributed by atoms with van der Waals surface area (Å²) in [4.78, 5) is 13.8. The van der Waals surface area contributed by atoms with Crippen molar-refractivity contribution in [3.63, 3.8) is 0 Å². The van der Waals surface area contributed by atoms with Gasteiger partial charge in [-0.2, -0.15) is 4.98 Å². The average Bonchev–Trinajstić information content (AvgIpc) is 2.91. The molecule has 27 heavy (non-hydrogen) atoms. The van der Waals surface area contributed by atoms with Gasteiger partial charge in [0.2, 0.25) is 11.7 Å². The van der Waals surface area contributed by atoms with E-state index in [1.54, 1.807) is 20.8 Å².